The molecule has 0 aliphatic heterocycles. The Labute approximate surface area is 110 Å². The van der Waals surface area contributed by atoms with Crippen LogP contribution < -0.4 is 0 Å². The SMILES string of the molecule is CCCC(C)N(C)C(=O)c1ccc(F)c(Br)c1. The quantitative estimate of drug-likeness (QED) is 0.827. The molecule has 4 heteroatoms. The topological polar surface area (TPSA) is 20.3 Å². The van der Waals surface area contributed by atoms with Crippen LogP contribution in [0.15, 0.2) is 22.7 Å². The van der Waals surface area contributed by atoms with Crippen LogP contribution in [0, 0.1) is 5.82 Å². The van der Waals surface area contributed by atoms with E-state index in [9.17, 15) is 9.18 Å². The number of hydrogen-bond donors (Lipinski definition) is 0. The van der Waals surface area contributed by atoms with Gasteiger partial charge in [0.2, 0.25) is 0 Å². The zero-order valence-electron chi connectivity index (χ0n) is 10.3. The predicted octanol–water partition coefficient (Wildman–Crippen LogP) is 3.85. The van der Waals surface area contributed by atoms with Crippen LogP contribution in [-0.4, -0.2) is 23.9 Å². The van der Waals surface area contributed by atoms with Gasteiger partial charge in [-0.15, -0.1) is 0 Å². The fourth-order valence-electron chi connectivity index (χ4n) is 1.64. The Balaban J connectivity index is 2.85. The molecule has 1 rings (SSSR count). The average Bonchev–Trinajstić information content (AvgIpc) is 2.31. The third-order valence-corrected chi connectivity index (χ3v) is 3.46. The third kappa shape index (κ3) is 3.53. The molecule has 0 heterocycles. The minimum absolute atomic E-state index is 0.0772. The van der Waals surface area contributed by atoms with Gasteiger partial charge in [0.1, 0.15) is 5.82 Å². The normalized spacial score (nSPS) is 12.3. The van der Waals surface area contributed by atoms with E-state index in [0.29, 0.717) is 10.0 Å². The van der Waals surface area contributed by atoms with Gasteiger partial charge in [-0.05, 0) is 47.5 Å². The van der Waals surface area contributed by atoms with Crippen molar-refractivity contribution in [3.8, 4) is 0 Å². The second-order valence-corrected chi connectivity index (χ2v) is 5.04. The summed E-state index contributed by atoms with van der Waals surface area (Å²) < 4.78 is 13.4. The standard InChI is InChI=1S/C13H17BrFNO/c1-4-5-9(2)16(3)13(17)10-6-7-12(15)11(14)8-10/h6-9H,4-5H2,1-3H3. The maximum atomic E-state index is 13.1. The van der Waals surface area contributed by atoms with Crippen molar-refractivity contribution in [2.45, 2.75) is 32.7 Å². The number of carbonyl (C=O) groups is 1. The second-order valence-electron chi connectivity index (χ2n) is 4.18. The van der Waals surface area contributed by atoms with Crippen molar-refractivity contribution in [3.63, 3.8) is 0 Å². The number of hydrogen-bond acceptors (Lipinski definition) is 1. The van der Waals surface area contributed by atoms with Gasteiger partial charge < -0.3 is 4.90 Å². The number of rotatable bonds is 4. The van der Waals surface area contributed by atoms with E-state index in [0.717, 1.165) is 12.8 Å². The van der Waals surface area contributed by atoms with Gasteiger partial charge in [-0.3, -0.25) is 4.79 Å². The maximum absolute atomic E-state index is 13.1. The fraction of sp³-hybridized carbons (Fsp3) is 0.462. The van der Waals surface area contributed by atoms with Crippen molar-refractivity contribution in [1.82, 2.24) is 4.90 Å². The molecule has 0 aliphatic rings. The third-order valence-electron chi connectivity index (χ3n) is 2.85. The van der Waals surface area contributed by atoms with Crippen molar-refractivity contribution >= 4 is 21.8 Å². The molecule has 0 saturated heterocycles. The Morgan fingerprint density at radius 2 is 2.18 bits per heavy atom. The lowest BCUT2D eigenvalue weighted by atomic mass is 10.1. The van der Waals surface area contributed by atoms with Gasteiger partial charge in [-0.25, -0.2) is 4.39 Å². The number of nitrogens with zero attached hydrogens (tertiary/aromatic N) is 1. The first-order valence-electron chi connectivity index (χ1n) is 5.69. The van der Waals surface area contributed by atoms with E-state index >= 15 is 0 Å². The van der Waals surface area contributed by atoms with Crippen LogP contribution in [0.2, 0.25) is 0 Å². The molecule has 94 valence electrons. The molecule has 1 aromatic rings. The Morgan fingerprint density at radius 1 is 1.53 bits per heavy atom. The van der Waals surface area contributed by atoms with Crippen LogP contribution in [0.3, 0.4) is 0 Å². The molecular weight excluding hydrogens is 285 g/mol. The lowest BCUT2D eigenvalue weighted by Crippen LogP contribution is -2.34. The first-order valence-corrected chi connectivity index (χ1v) is 6.48. The smallest absolute Gasteiger partial charge is 0.253 e. The summed E-state index contributed by atoms with van der Waals surface area (Å²) >= 11 is 3.09. The van der Waals surface area contributed by atoms with E-state index in [1.165, 1.54) is 18.2 Å². The molecular formula is C13H17BrFNO. The average molecular weight is 302 g/mol. The highest BCUT2D eigenvalue weighted by Gasteiger charge is 2.17. The zero-order chi connectivity index (χ0) is 13.0. The predicted molar refractivity (Wildman–Crippen MR) is 70.6 cm³/mol. The van der Waals surface area contributed by atoms with Crippen LogP contribution >= 0.6 is 15.9 Å². The van der Waals surface area contributed by atoms with Gasteiger partial charge >= 0.3 is 0 Å². The van der Waals surface area contributed by atoms with E-state index in [1.807, 2.05) is 6.92 Å². The lowest BCUT2D eigenvalue weighted by molar-refractivity contribution is 0.0736. The van der Waals surface area contributed by atoms with Crippen molar-refractivity contribution in [3.05, 3.63) is 34.1 Å². The molecule has 0 aliphatic carbocycles. The summed E-state index contributed by atoms with van der Waals surface area (Å²) in [5.74, 6) is -0.433. The second kappa shape index (κ2) is 6.15. The van der Waals surface area contributed by atoms with Crippen molar-refractivity contribution in [2.24, 2.45) is 0 Å². The molecule has 17 heavy (non-hydrogen) atoms. The van der Waals surface area contributed by atoms with E-state index < -0.39 is 0 Å². The molecule has 0 saturated carbocycles. The highest BCUT2D eigenvalue weighted by atomic mass is 79.9. The summed E-state index contributed by atoms with van der Waals surface area (Å²) in [6, 6.07) is 4.52. The highest BCUT2D eigenvalue weighted by Crippen LogP contribution is 2.18. The van der Waals surface area contributed by atoms with Crippen molar-refractivity contribution in [2.75, 3.05) is 7.05 Å². The molecule has 1 aromatic carbocycles. The number of amides is 1. The largest absolute Gasteiger partial charge is 0.339 e. The van der Waals surface area contributed by atoms with E-state index in [4.69, 9.17) is 0 Å². The summed E-state index contributed by atoms with van der Waals surface area (Å²) in [7, 11) is 1.78. The molecule has 2 nitrogen and oxygen atoms in total. The van der Waals surface area contributed by atoms with Crippen LogP contribution in [0.25, 0.3) is 0 Å². The summed E-state index contributed by atoms with van der Waals surface area (Å²) in [6.45, 7) is 4.10. The van der Waals surface area contributed by atoms with E-state index in [2.05, 4.69) is 22.9 Å². The van der Waals surface area contributed by atoms with Crippen LogP contribution in [0.5, 0.6) is 0 Å². The Hall–Kier alpha value is -0.900. The zero-order valence-corrected chi connectivity index (χ0v) is 11.9. The van der Waals surface area contributed by atoms with Gasteiger partial charge in [0.05, 0.1) is 4.47 Å². The number of benzene rings is 1. The molecule has 1 atom stereocenters. The van der Waals surface area contributed by atoms with Crippen LogP contribution in [0.1, 0.15) is 37.0 Å². The van der Waals surface area contributed by atoms with Crippen LogP contribution in [-0.2, 0) is 0 Å². The number of halogens is 2. The van der Waals surface area contributed by atoms with Crippen molar-refractivity contribution in [1.29, 1.82) is 0 Å². The van der Waals surface area contributed by atoms with Crippen molar-refractivity contribution < 1.29 is 9.18 Å². The minimum Gasteiger partial charge on any atom is -0.339 e. The Morgan fingerprint density at radius 3 is 2.71 bits per heavy atom. The summed E-state index contributed by atoms with van der Waals surface area (Å²) in [5, 5.41) is 0. The molecule has 0 radical (unpaired) electrons. The van der Waals surface area contributed by atoms with Gasteiger partial charge in [0, 0.05) is 18.7 Å². The summed E-state index contributed by atoms with van der Waals surface area (Å²) in [4.78, 5) is 13.8. The monoisotopic (exact) mass is 301 g/mol. The Kier molecular flexibility index (Phi) is 5.12. The van der Waals surface area contributed by atoms with Gasteiger partial charge in [-0.1, -0.05) is 13.3 Å². The Bertz CT molecular complexity index is 408. The molecule has 1 amide bonds. The van der Waals surface area contributed by atoms with E-state index in [-0.39, 0.29) is 17.8 Å². The molecule has 0 spiro atoms. The lowest BCUT2D eigenvalue weighted by Gasteiger charge is -2.24. The maximum Gasteiger partial charge on any atom is 0.253 e. The molecule has 0 N–H and O–H groups in total. The minimum atomic E-state index is -0.356. The highest BCUT2D eigenvalue weighted by molar-refractivity contribution is 9.10. The first-order chi connectivity index (χ1) is 7.97. The molecule has 0 bridgehead atoms. The van der Waals surface area contributed by atoms with Gasteiger partial charge in [-0.2, -0.15) is 0 Å². The van der Waals surface area contributed by atoms with Gasteiger partial charge in [0.25, 0.3) is 5.91 Å². The summed E-state index contributed by atoms with van der Waals surface area (Å²) in [6.07, 6.45) is 2.00. The van der Waals surface area contributed by atoms with E-state index in [1.54, 1.807) is 11.9 Å². The molecule has 0 fully saturated rings. The molecule has 1 unspecified atom stereocenters. The molecule has 0 aromatic heterocycles. The first kappa shape index (κ1) is 14.2. The fourth-order valence-corrected chi connectivity index (χ4v) is 2.02. The summed E-state index contributed by atoms with van der Waals surface area (Å²) in [5.41, 5.74) is 0.503. The van der Waals surface area contributed by atoms with Crippen LogP contribution in [0.4, 0.5) is 4.39 Å². The number of carbonyl (C=O) groups excluding carboxylic acids is 1. The van der Waals surface area contributed by atoms with Gasteiger partial charge in [0.15, 0.2) is 0 Å².